The van der Waals surface area contributed by atoms with Gasteiger partial charge in [-0.25, -0.2) is 0 Å². The van der Waals surface area contributed by atoms with Crippen molar-refractivity contribution < 1.29 is 9.59 Å². The van der Waals surface area contributed by atoms with Gasteiger partial charge in [-0.1, -0.05) is 6.07 Å². The zero-order chi connectivity index (χ0) is 18.1. The van der Waals surface area contributed by atoms with Crippen molar-refractivity contribution in [3.05, 3.63) is 30.1 Å². The number of pyridine rings is 1. The Labute approximate surface area is 155 Å². The monoisotopic (exact) mass is 355 g/mol. The van der Waals surface area contributed by atoms with E-state index in [1.807, 2.05) is 25.1 Å². The summed E-state index contributed by atoms with van der Waals surface area (Å²) in [5.41, 5.74) is 1.04. The molecule has 5 heteroatoms. The third-order valence-corrected chi connectivity index (χ3v) is 6.66. The zero-order valence-corrected chi connectivity index (χ0v) is 15.5. The number of aromatic nitrogens is 1. The van der Waals surface area contributed by atoms with Crippen LogP contribution in [0.2, 0.25) is 0 Å². The first-order valence-electron chi connectivity index (χ1n) is 9.98. The number of nitrogens with one attached hydrogen (secondary N) is 2. The van der Waals surface area contributed by atoms with Gasteiger partial charge in [-0.2, -0.15) is 0 Å². The first-order chi connectivity index (χ1) is 12.5. The molecule has 4 fully saturated rings. The number of nitrogens with zero attached hydrogens (tertiary/aromatic N) is 1. The molecule has 0 aliphatic heterocycles. The second-order valence-electron chi connectivity index (χ2n) is 8.91. The Kier molecular flexibility index (Phi) is 4.72. The third-order valence-electron chi connectivity index (χ3n) is 6.66. The lowest BCUT2D eigenvalue weighted by Gasteiger charge is -2.56. The van der Waals surface area contributed by atoms with E-state index in [9.17, 15) is 9.59 Å². The van der Waals surface area contributed by atoms with Gasteiger partial charge in [-0.15, -0.1) is 0 Å². The topological polar surface area (TPSA) is 71.1 Å². The van der Waals surface area contributed by atoms with Gasteiger partial charge in [-0.05, 0) is 80.8 Å². The minimum Gasteiger partial charge on any atom is -0.347 e. The number of hydrogen-bond donors (Lipinski definition) is 2. The zero-order valence-electron chi connectivity index (χ0n) is 15.5. The van der Waals surface area contributed by atoms with Gasteiger partial charge >= 0.3 is 0 Å². The fourth-order valence-electron chi connectivity index (χ4n) is 6.09. The maximum Gasteiger partial charge on any atom is 0.239 e. The number of rotatable bonds is 6. The first-order valence-corrected chi connectivity index (χ1v) is 9.98. The largest absolute Gasteiger partial charge is 0.347 e. The molecule has 1 aromatic heterocycles. The molecule has 0 radical (unpaired) electrons. The fourth-order valence-corrected chi connectivity index (χ4v) is 6.09. The average molecular weight is 355 g/mol. The SMILES string of the molecule is CC(NC(=O)CNC(=O)CC12CC3CC(CC(C3)C1)C2)c1ccccn1. The van der Waals surface area contributed by atoms with Crippen LogP contribution in [0.15, 0.2) is 24.4 Å². The van der Waals surface area contributed by atoms with E-state index >= 15 is 0 Å². The van der Waals surface area contributed by atoms with Crippen LogP contribution in [0.1, 0.15) is 63.6 Å². The molecule has 5 nitrogen and oxygen atoms in total. The maximum absolute atomic E-state index is 12.5. The van der Waals surface area contributed by atoms with Gasteiger partial charge in [0.15, 0.2) is 0 Å². The van der Waals surface area contributed by atoms with Crippen molar-refractivity contribution in [1.29, 1.82) is 0 Å². The molecular formula is C21H29N3O2. The van der Waals surface area contributed by atoms with Gasteiger partial charge in [0.2, 0.25) is 11.8 Å². The predicted octanol–water partition coefficient (Wildman–Crippen LogP) is 2.98. The maximum atomic E-state index is 12.5. The molecule has 1 atom stereocenters. The summed E-state index contributed by atoms with van der Waals surface area (Å²) in [5, 5.41) is 5.74. The molecule has 2 N–H and O–H groups in total. The van der Waals surface area contributed by atoms with Gasteiger partial charge in [-0.3, -0.25) is 14.6 Å². The van der Waals surface area contributed by atoms with E-state index < -0.39 is 0 Å². The van der Waals surface area contributed by atoms with Gasteiger partial charge < -0.3 is 10.6 Å². The third kappa shape index (κ3) is 3.76. The lowest BCUT2D eigenvalue weighted by molar-refractivity contribution is -0.132. The van der Waals surface area contributed by atoms with Crippen LogP contribution in [0.5, 0.6) is 0 Å². The molecule has 0 aromatic carbocycles. The Morgan fingerprint density at radius 2 is 1.77 bits per heavy atom. The van der Waals surface area contributed by atoms with Crippen molar-refractivity contribution >= 4 is 11.8 Å². The number of carbonyl (C=O) groups excluding carboxylic acids is 2. The number of amides is 2. The summed E-state index contributed by atoms with van der Waals surface area (Å²) in [7, 11) is 0. The molecular weight excluding hydrogens is 326 g/mol. The van der Waals surface area contributed by atoms with Gasteiger partial charge in [0.1, 0.15) is 0 Å². The van der Waals surface area contributed by atoms with Crippen LogP contribution in [-0.2, 0) is 9.59 Å². The van der Waals surface area contributed by atoms with Crippen LogP contribution in [-0.4, -0.2) is 23.3 Å². The van der Waals surface area contributed by atoms with Crippen molar-refractivity contribution in [1.82, 2.24) is 15.6 Å². The summed E-state index contributed by atoms with van der Waals surface area (Å²) in [6.45, 7) is 1.94. The Morgan fingerprint density at radius 3 is 2.35 bits per heavy atom. The summed E-state index contributed by atoms with van der Waals surface area (Å²) < 4.78 is 0. The highest BCUT2D eigenvalue weighted by Crippen LogP contribution is 2.61. The molecule has 5 rings (SSSR count). The smallest absolute Gasteiger partial charge is 0.239 e. The lowest BCUT2D eigenvalue weighted by atomic mass is 9.49. The lowest BCUT2D eigenvalue weighted by Crippen LogP contribution is -2.48. The second kappa shape index (κ2) is 7.01. The standard InChI is InChI=1S/C21H29N3O2/c1-14(18-4-2-3-5-22-18)24-20(26)13-23-19(25)12-21-9-15-6-16(10-21)8-17(7-15)11-21/h2-5,14-17H,6-13H2,1H3,(H,23,25)(H,24,26). The molecule has 26 heavy (non-hydrogen) atoms. The van der Waals surface area contributed by atoms with Crippen molar-refractivity contribution in [2.24, 2.45) is 23.2 Å². The summed E-state index contributed by atoms with van der Waals surface area (Å²) in [6, 6.07) is 5.47. The summed E-state index contributed by atoms with van der Waals surface area (Å²) >= 11 is 0. The van der Waals surface area contributed by atoms with E-state index in [4.69, 9.17) is 0 Å². The van der Waals surface area contributed by atoms with E-state index in [0.29, 0.717) is 6.42 Å². The van der Waals surface area contributed by atoms with Crippen LogP contribution in [0.3, 0.4) is 0 Å². The van der Waals surface area contributed by atoms with Crippen LogP contribution in [0, 0.1) is 23.2 Å². The predicted molar refractivity (Wildman–Crippen MR) is 99.0 cm³/mol. The van der Waals surface area contributed by atoms with Gasteiger partial charge in [0.05, 0.1) is 18.3 Å². The van der Waals surface area contributed by atoms with Gasteiger partial charge in [0.25, 0.3) is 0 Å². The normalized spacial score (nSPS) is 32.9. The molecule has 2 amide bonds. The molecule has 1 unspecified atom stereocenters. The van der Waals surface area contributed by atoms with Crippen LogP contribution < -0.4 is 10.6 Å². The van der Waals surface area contributed by atoms with Crippen molar-refractivity contribution in [3.8, 4) is 0 Å². The Morgan fingerprint density at radius 1 is 1.12 bits per heavy atom. The minimum absolute atomic E-state index is 0.0348. The minimum atomic E-state index is -0.165. The van der Waals surface area contributed by atoms with Crippen LogP contribution in [0.4, 0.5) is 0 Å². The van der Waals surface area contributed by atoms with E-state index in [2.05, 4.69) is 15.6 Å². The quantitative estimate of drug-likeness (QED) is 0.824. The highest BCUT2D eigenvalue weighted by atomic mass is 16.2. The van der Waals surface area contributed by atoms with E-state index in [-0.39, 0.29) is 29.8 Å². The number of hydrogen-bond acceptors (Lipinski definition) is 3. The van der Waals surface area contributed by atoms with Crippen molar-refractivity contribution in [3.63, 3.8) is 0 Å². The highest BCUT2D eigenvalue weighted by molar-refractivity contribution is 5.85. The Hall–Kier alpha value is -1.91. The van der Waals surface area contributed by atoms with Crippen molar-refractivity contribution in [2.45, 2.75) is 57.9 Å². The highest BCUT2D eigenvalue weighted by Gasteiger charge is 2.51. The molecule has 4 aliphatic carbocycles. The fraction of sp³-hybridized carbons (Fsp3) is 0.667. The molecule has 0 saturated heterocycles. The summed E-state index contributed by atoms with van der Waals surface area (Å²) in [6.07, 6.45) is 10.1. The molecule has 4 saturated carbocycles. The molecule has 1 aromatic rings. The molecule has 1 heterocycles. The second-order valence-corrected chi connectivity index (χ2v) is 8.91. The Balaban J connectivity index is 1.25. The molecule has 4 aliphatic rings. The van der Waals surface area contributed by atoms with E-state index in [0.717, 1.165) is 23.4 Å². The summed E-state index contributed by atoms with van der Waals surface area (Å²) in [5.74, 6) is 2.40. The average Bonchev–Trinajstić information content (AvgIpc) is 2.59. The molecule has 4 bridgehead atoms. The Bertz CT molecular complexity index is 638. The molecule has 0 spiro atoms. The van der Waals surface area contributed by atoms with Crippen molar-refractivity contribution in [2.75, 3.05) is 6.54 Å². The first kappa shape index (κ1) is 17.5. The van der Waals surface area contributed by atoms with E-state index in [1.54, 1.807) is 6.20 Å². The number of carbonyl (C=O) groups is 2. The van der Waals surface area contributed by atoms with Crippen LogP contribution in [0.25, 0.3) is 0 Å². The van der Waals surface area contributed by atoms with Gasteiger partial charge in [0, 0.05) is 12.6 Å². The summed E-state index contributed by atoms with van der Waals surface area (Å²) in [4.78, 5) is 28.9. The molecule has 140 valence electrons. The van der Waals surface area contributed by atoms with Crippen LogP contribution >= 0.6 is 0 Å². The van der Waals surface area contributed by atoms with E-state index in [1.165, 1.54) is 38.5 Å².